The Morgan fingerprint density at radius 3 is 2.50 bits per heavy atom. The number of piperidine rings is 1. The first kappa shape index (κ1) is 22.5. The fourth-order valence-electron chi connectivity index (χ4n) is 2.97. The summed E-state index contributed by atoms with van der Waals surface area (Å²) in [7, 11) is -3.96. The van der Waals surface area contributed by atoms with Crippen LogP contribution in [0.1, 0.15) is 33.1 Å². The number of carbonyl (C=O) groups excluding carboxylic acids is 1. The number of rotatable bonds is 7. The van der Waals surface area contributed by atoms with Gasteiger partial charge in [0.25, 0.3) is 0 Å². The summed E-state index contributed by atoms with van der Waals surface area (Å²) in [6.45, 7) is 4.97. The van der Waals surface area contributed by atoms with E-state index in [-0.39, 0.29) is 29.8 Å². The number of nitrogens with one attached hydrogen (secondary N) is 1. The number of halogens is 3. The molecule has 1 fully saturated rings. The van der Waals surface area contributed by atoms with Gasteiger partial charge < -0.3 is 10.1 Å². The van der Waals surface area contributed by atoms with Crippen LogP contribution in [0.3, 0.4) is 0 Å². The lowest BCUT2D eigenvalue weighted by Gasteiger charge is -2.30. The lowest BCUT2D eigenvalue weighted by molar-refractivity contribution is -0.274. The van der Waals surface area contributed by atoms with E-state index >= 15 is 0 Å². The van der Waals surface area contributed by atoms with Gasteiger partial charge in [-0.25, -0.2) is 8.42 Å². The highest BCUT2D eigenvalue weighted by Gasteiger charge is 2.34. The maximum absolute atomic E-state index is 12.7. The molecule has 1 amide bonds. The SMILES string of the molecule is CC(C)CCNC(=O)C1CCN(S(=O)(=O)c2cccc(OC(F)(F)F)c2)CC1. The summed E-state index contributed by atoms with van der Waals surface area (Å²) >= 11 is 0. The standard InChI is InChI=1S/C18H25F3N2O4S/c1-13(2)6-9-22-17(24)14-7-10-23(11-8-14)28(25,26)16-5-3-4-15(12-16)27-18(19,20)21/h3-5,12-14H,6-11H2,1-2H3,(H,22,24). The van der Waals surface area contributed by atoms with E-state index in [2.05, 4.69) is 23.9 Å². The summed E-state index contributed by atoms with van der Waals surface area (Å²) in [4.78, 5) is 11.9. The first-order chi connectivity index (χ1) is 13.0. The highest BCUT2D eigenvalue weighted by atomic mass is 32.2. The Bertz CT molecular complexity index is 773. The van der Waals surface area contributed by atoms with Gasteiger partial charge in [-0.3, -0.25) is 4.79 Å². The van der Waals surface area contributed by atoms with Crippen LogP contribution < -0.4 is 10.1 Å². The molecule has 1 heterocycles. The zero-order valence-electron chi connectivity index (χ0n) is 15.8. The molecule has 2 rings (SSSR count). The van der Waals surface area contributed by atoms with Crippen molar-refractivity contribution in [3.8, 4) is 5.75 Å². The van der Waals surface area contributed by atoms with Gasteiger partial charge in [0.1, 0.15) is 5.75 Å². The smallest absolute Gasteiger partial charge is 0.406 e. The minimum atomic E-state index is -4.90. The molecular formula is C18H25F3N2O4S. The summed E-state index contributed by atoms with van der Waals surface area (Å²) in [5.74, 6) is -0.464. The molecule has 0 bridgehead atoms. The third-order valence-corrected chi connectivity index (χ3v) is 6.42. The van der Waals surface area contributed by atoms with Crippen LogP contribution in [0.4, 0.5) is 13.2 Å². The van der Waals surface area contributed by atoms with E-state index in [0.29, 0.717) is 25.3 Å². The summed E-state index contributed by atoms with van der Waals surface area (Å²) in [5, 5.41) is 2.87. The average molecular weight is 422 g/mol. The van der Waals surface area contributed by atoms with Crippen LogP contribution in [-0.2, 0) is 14.8 Å². The van der Waals surface area contributed by atoms with E-state index in [4.69, 9.17) is 0 Å². The molecule has 1 aliphatic heterocycles. The third-order valence-electron chi connectivity index (χ3n) is 4.52. The summed E-state index contributed by atoms with van der Waals surface area (Å²) in [6, 6.07) is 4.32. The molecule has 0 radical (unpaired) electrons. The molecule has 1 aromatic carbocycles. The second-order valence-corrected chi connectivity index (χ2v) is 9.11. The molecule has 1 aliphatic rings. The molecule has 28 heavy (non-hydrogen) atoms. The highest BCUT2D eigenvalue weighted by molar-refractivity contribution is 7.89. The molecule has 158 valence electrons. The van der Waals surface area contributed by atoms with Gasteiger partial charge in [0.2, 0.25) is 15.9 Å². The van der Waals surface area contributed by atoms with Crippen molar-refractivity contribution in [1.29, 1.82) is 0 Å². The predicted octanol–water partition coefficient (Wildman–Crippen LogP) is 3.15. The highest BCUT2D eigenvalue weighted by Crippen LogP contribution is 2.28. The zero-order valence-corrected chi connectivity index (χ0v) is 16.6. The summed E-state index contributed by atoms with van der Waals surface area (Å²) < 4.78 is 67.5. The van der Waals surface area contributed by atoms with Crippen molar-refractivity contribution in [2.45, 2.75) is 44.4 Å². The van der Waals surface area contributed by atoms with E-state index in [1.165, 1.54) is 16.4 Å². The van der Waals surface area contributed by atoms with Crippen LogP contribution >= 0.6 is 0 Å². The molecule has 1 saturated heterocycles. The number of ether oxygens (including phenoxy) is 1. The fourth-order valence-corrected chi connectivity index (χ4v) is 4.47. The van der Waals surface area contributed by atoms with Crippen molar-refractivity contribution >= 4 is 15.9 Å². The molecule has 0 aliphatic carbocycles. The molecule has 0 aromatic heterocycles. The normalized spacial score (nSPS) is 16.9. The monoisotopic (exact) mass is 422 g/mol. The summed E-state index contributed by atoms with van der Waals surface area (Å²) in [5.41, 5.74) is 0. The number of carbonyl (C=O) groups is 1. The fraction of sp³-hybridized carbons (Fsp3) is 0.611. The lowest BCUT2D eigenvalue weighted by atomic mass is 9.97. The minimum Gasteiger partial charge on any atom is -0.406 e. The zero-order chi connectivity index (χ0) is 20.9. The Hall–Kier alpha value is -1.81. The van der Waals surface area contributed by atoms with Crippen molar-refractivity contribution in [3.05, 3.63) is 24.3 Å². The van der Waals surface area contributed by atoms with E-state index in [9.17, 15) is 26.4 Å². The number of benzene rings is 1. The molecule has 0 unspecified atom stereocenters. The molecule has 0 saturated carbocycles. The van der Waals surface area contributed by atoms with E-state index in [1.807, 2.05) is 0 Å². The number of hydrogen-bond acceptors (Lipinski definition) is 4. The van der Waals surface area contributed by atoms with Crippen molar-refractivity contribution in [3.63, 3.8) is 0 Å². The topological polar surface area (TPSA) is 75.7 Å². The lowest BCUT2D eigenvalue weighted by Crippen LogP contribution is -2.43. The largest absolute Gasteiger partial charge is 0.573 e. The van der Waals surface area contributed by atoms with Crippen LogP contribution in [0.2, 0.25) is 0 Å². The van der Waals surface area contributed by atoms with E-state index in [1.54, 1.807) is 0 Å². The number of hydrogen-bond donors (Lipinski definition) is 1. The number of sulfonamides is 1. The van der Waals surface area contributed by atoms with Crippen molar-refractivity contribution < 1.29 is 31.1 Å². The maximum Gasteiger partial charge on any atom is 0.573 e. The molecule has 1 aromatic rings. The molecule has 1 N–H and O–H groups in total. The third kappa shape index (κ3) is 6.37. The van der Waals surface area contributed by atoms with Gasteiger partial charge in [0.05, 0.1) is 4.90 Å². The number of nitrogens with zero attached hydrogens (tertiary/aromatic N) is 1. The van der Waals surface area contributed by atoms with Gasteiger partial charge in [-0.15, -0.1) is 13.2 Å². The maximum atomic E-state index is 12.7. The summed E-state index contributed by atoms with van der Waals surface area (Å²) in [6.07, 6.45) is -3.30. The quantitative estimate of drug-likeness (QED) is 0.733. The van der Waals surface area contributed by atoms with Crippen LogP contribution in [0.15, 0.2) is 29.2 Å². The van der Waals surface area contributed by atoms with Gasteiger partial charge in [-0.2, -0.15) is 4.31 Å². The van der Waals surface area contributed by atoms with Crippen LogP contribution in [-0.4, -0.2) is 44.6 Å². The Morgan fingerprint density at radius 1 is 1.29 bits per heavy atom. The van der Waals surface area contributed by atoms with E-state index < -0.39 is 22.1 Å². The first-order valence-electron chi connectivity index (χ1n) is 9.12. The van der Waals surface area contributed by atoms with Crippen LogP contribution in [0.25, 0.3) is 0 Å². The molecular weight excluding hydrogens is 397 g/mol. The predicted molar refractivity (Wildman–Crippen MR) is 97.1 cm³/mol. The first-order valence-corrected chi connectivity index (χ1v) is 10.6. The van der Waals surface area contributed by atoms with Crippen LogP contribution in [0, 0.1) is 11.8 Å². The minimum absolute atomic E-state index is 0.0849. The number of amides is 1. The second-order valence-electron chi connectivity index (χ2n) is 7.17. The molecule has 0 spiro atoms. The van der Waals surface area contributed by atoms with Gasteiger partial charge in [0, 0.05) is 31.6 Å². The Balaban J connectivity index is 1.97. The van der Waals surface area contributed by atoms with Gasteiger partial charge in [-0.05, 0) is 37.3 Å². The van der Waals surface area contributed by atoms with Crippen LogP contribution in [0.5, 0.6) is 5.75 Å². The Morgan fingerprint density at radius 2 is 1.93 bits per heavy atom. The molecule has 0 atom stereocenters. The average Bonchev–Trinajstić information content (AvgIpc) is 2.60. The molecule has 10 heteroatoms. The van der Waals surface area contributed by atoms with Gasteiger partial charge in [-0.1, -0.05) is 19.9 Å². The Kier molecular flexibility index (Phi) is 7.33. The van der Waals surface area contributed by atoms with Gasteiger partial charge in [0.15, 0.2) is 0 Å². The van der Waals surface area contributed by atoms with Crippen molar-refractivity contribution in [2.75, 3.05) is 19.6 Å². The molecule has 6 nitrogen and oxygen atoms in total. The van der Waals surface area contributed by atoms with Crippen molar-refractivity contribution in [1.82, 2.24) is 9.62 Å². The van der Waals surface area contributed by atoms with E-state index in [0.717, 1.165) is 18.6 Å². The second kappa shape index (κ2) is 9.13. The van der Waals surface area contributed by atoms with Gasteiger partial charge >= 0.3 is 6.36 Å². The Labute approximate surface area is 163 Å². The van der Waals surface area contributed by atoms with Crippen molar-refractivity contribution in [2.24, 2.45) is 11.8 Å². The number of alkyl halides is 3.